The predicted molar refractivity (Wildman–Crippen MR) is 404 cm³/mol. The molecule has 1 aliphatic heterocycles. The number of rotatable bonds is 6. The number of aromatic nitrogens is 4. The maximum atomic E-state index is 6.27. The first-order chi connectivity index (χ1) is 46.0. The van der Waals surface area contributed by atoms with Crippen molar-refractivity contribution in [3.05, 3.63) is 296 Å². The monoisotopic (exact) mass is 1310 g/mol. The van der Waals surface area contributed by atoms with Crippen molar-refractivity contribution in [3.63, 3.8) is 0 Å². The summed E-state index contributed by atoms with van der Waals surface area (Å²) in [5.74, 6) is 0. The van der Waals surface area contributed by atoms with Gasteiger partial charge in [-0.1, -0.05) is 216 Å². The zero-order valence-electron chi connectivity index (χ0n) is 52.1. The van der Waals surface area contributed by atoms with Crippen LogP contribution >= 0.6 is 38.6 Å². The number of nitrogens with zero attached hydrogens (tertiary/aromatic N) is 4. The zero-order valence-corrected chi connectivity index (χ0v) is 55.3. The second-order valence-electron chi connectivity index (χ2n) is 25.1. The van der Waals surface area contributed by atoms with Crippen LogP contribution in [0.4, 0.5) is 0 Å². The van der Waals surface area contributed by atoms with Gasteiger partial charge in [0.25, 0.3) is 0 Å². The first-order valence-corrected chi connectivity index (χ1v) is 34.2. The van der Waals surface area contributed by atoms with E-state index >= 15 is 0 Å². The van der Waals surface area contributed by atoms with Crippen LogP contribution in [0.25, 0.3) is 151 Å². The van der Waals surface area contributed by atoms with Crippen molar-refractivity contribution in [2.75, 3.05) is 0 Å². The topological polar surface area (TPSA) is 54.1 Å². The molecule has 0 atom stereocenters. The third-order valence-corrected chi connectivity index (χ3v) is 21.8. The van der Waals surface area contributed by atoms with Crippen LogP contribution in [0.1, 0.15) is 27.7 Å². The van der Waals surface area contributed by atoms with Crippen molar-refractivity contribution in [2.24, 2.45) is 0 Å². The Hall–Kier alpha value is -10.0. The molecule has 19 rings (SSSR count). The molecule has 18 aromatic rings. The van der Waals surface area contributed by atoms with Crippen molar-refractivity contribution < 1.29 is 9.31 Å². The number of pyridine rings is 2. The Morgan fingerprint density at radius 2 is 0.702 bits per heavy atom. The molecular formula is C84H60BBrN4O2S2. The lowest BCUT2D eigenvalue weighted by molar-refractivity contribution is 0.00578. The molecule has 0 unspecified atom stereocenters. The van der Waals surface area contributed by atoms with Gasteiger partial charge in [0, 0.05) is 99.6 Å². The highest BCUT2D eigenvalue weighted by Crippen LogP contribution is 2.46. The SMILES string of the molecule is Brc1cccc(-c2nc3ccccc3c3sc4ccccc4c23)c1.CC1(C)OB(c2cccc(-n3c4ccccc4c4ccccc43)c2)OC1(C)C.c1cc(-c2cccc(-n3c4ccccc4c4ccccc43)c2)cc(-c2nc3ccccc3c3sc4ccccc4c23)c1. The lowest BCUT2D eigenvalue weighted by Crippen LogP contribution is -2.41. The molecule has 10 heteroatoms. The second-order valence-corrected chi connectivity index (χ2v) is 28.1. The maximum Gasteiger partial charge on any atom is 0.494 e. The Labute approximate surface area is 560 Å². The normalized spacial score (nSPS) is 13.6. The summed E-state index contributed by atoms with van der Waals surface area (Å²) in [5, 5.41) is 12.6. The number of halogens is 1. The molecule has 1 fully saturated rings. The summed E-state index contributed by atoms with van der Waals surface area (Å²) in [6.45, 7) is 8.35. The zero-order chi connectivity index (χ0) is 63.2. The average molecular weight is 1310 g/mol. The van der Waals surface area contributed by atoms with E-state index in [4.69, 9.17) is 19.3 Å². The minimum atomic E-state index is -0.363. The Morgan fingerprint density at radius 1 is 0.340 bits per heavy atom. The minimum Gasteiger partial charge on any atom is -0.399 e. The van der Waals surface area contributed by atoms with Gasteiger partial charge < -0.3 is 18.4 Å². The first kappa shape index (κ1) is 57.8. The highest BCUT2D eigenvalue weighted by molar-refractivity contribution is 9.10. The van der Waals surface area contributed by atoms with Crippen molar-refractivity contribution in [2.45, 2.75) is 38.9 Å². The van der Waals surface area contributed by atoms with E-state index in [9.17, 15) is 0 Å². The highest BCUT2D eigenvalue weighted by Gasteiger charge is 2.51. The van der Waals surface area contributed by atoms with Crippen LogP contribution < -0.4 is 5.46 Å². The average Bonchev–Trinajstić information content (AvgIpc) is 1.56. The van der Waals surface area contributed by atoms with E-state index in [0.29, 0.717) is 0 Å². The molecule has 6 nitrogen and oxygen atoms in total. The molecule has 0 aliphatic carbocycles. The Bertz CT molecular complexity index is 5900. The molecule has 6 aromatic heterocycles. The van der Waals surface area contributed by atoms with Crippen LogP contribution in [-0.2, 0) is 9.31 Å². The van der Waals surface area contributed by atoms with Crippen LogP contribution in [0.2, 0.25) is 0 Å². The van der Waals surface area contributed by atoms with E-state index in [2.05, 4.69) is 338 Å². The van der Waals surface area contributed by atoms with Gasteiger partial charge in [0.15, 0.2) is 0 Å². The molecule has 450 valence electrons. The van der Waals surface area contributed by atoms with Crippen LogP contribution in [0.5, 0.6) is 0 Å². The lowest BCUT2D eigenvalue weighted by atomic mass is 9.79. The van der Waals surface area contributed by atoms with Crippen molar-refractivity contribution in [3.8, 4) is 45.0 Å². The fourth-order valence-electron chi connectivity index (χ4n) is 13.7. The molecule has 0 spiro atoms. The van der Waals surface area contributed by atoms with E-state index < -0.39 is 0 Å². The van der Waals surface area contributed by atoms with Crippen LogP contribution in [0, 0.1) is 0 Å². The van der Waals surface area contributed by atoms with Crippen molar-refractivity contribution >= 4 is 157 Å². The molecule has 0 saturated carbocycles. The molecule has 94 heavy (non-hydrogen) atoms. The van der Waals surface area contributed by atoms with Gasteiger partial charge in [-0.25, -0.2) is 9.97 Å². The van der Waals surface area contributed by atoms with Gasteiger partial charge in [-0.05, 0) is 135 Å². The van der Waals surface area contributed by atoms with E-state index in [0.717, 1.165) is 54.9 Å². The van der Waals surface area contributed by atoms with Crippen molar-refractivity contribution in [1.29, 1.82) is 0 Å². The molecule has 1 saturated heterocycles. The number of thiophene rings is 2. The highest BCUT2D eigenvalue weighted by atomic mass is 79.9. The molecule has 12 aromatic carbocycles. The number of benzene rings is 12. The van der Waals surface area contributed by atoms with Gasteiger partial charge in [-0.15, -0.1) is 22.7 Å². The van der Waals surface area contributed by atoms with E-state index in [1.54, 1.807) is 0 Å². The van der Waals surface area contributed by atoms with E-state index in [-0.39, 0.29) is 18.3 Å². The Balaban J connectivity index is 0.000000113. The number of hydrogen-bond acceptors (Lipinski definition) is 6. The third kappa shape index (κ3) is 9.90. The summed E-state index contributed by atoms with van der Waals surface area (Å²) in [5.41, 5.74) is 16.3. The van der Waals surface area contributed by atoms with Crippen molar-refractivity contribution in [1.82, 2.24) is 19.1 Å². The number of fused-ring (bicyclic) bond motifs is 16. The van der Waals surface area contributed by atoms with Gasteiger partial charge >= 0.3 is 7.12 Å². The predicted octanol–water partition coefficient (Wildman–Crippen LogP) is 23.1. The summed E-state index contributed by atoms with van der Waals surface area (Å²) in [6.07, 6.45) is 0. The van der Waals surface area contributed by atoms with E-state index in [1.165, 1.54) is 106 Å². The smallest absolute Gasteiger partial charge is 0.399 e. The Morgan fingerprint density at radius 3 is 1.18 bits per heavy atom. The summed E-state index contributed by atoms with van der Waals surface area (Å²) in [4.78, 5) is 10.3. The molecule has 1 aliphatic rings. The molecule has 0 radical (unpaired) electrons. The molecule has 7 heterocycles. The number of hydrogen-bond donors (Lipinski definition) is 0. The first-order valence-electron chi connectivity index (χ1n) is 31.8. The number of para-hydroxylation sites is 6. The second kappa shape index (κ2) is 23.2. The van der Waals surface area contributed by atoms with Gasteiger partial charge in [0.1, 0.15) is 0 Å². The molecule has 0 amide bonds. The summed E-state index contributed by atoms with van der Waals surface area (Å²) in [6, 6.07) is 103. The van der Waals surface area contributed by atoms with Gasteiger partial charge in [-0.2, -0.15) is 0 Å². The molecule has 0 N–H and O–H groups in total. The Kier molecular flexibility index (Phi) is 14.3. The summed E-state index contributed by atoms with van der Waals surface area (Å²) in [7, 11) is -0.363. The van der Waals surface area contributed by atoms with E-state index in [1.807, 2.05) is 28.7 Å². The van der Waals surface area contributed by atoms with Gasteiger partial charge in [0.05, 0.1) is 55.7 Å². The third-order valence-electron chi connectivity index (χ3n) is 18.9. The largest absolute Gasteiger partial charge is 0.494 e. The summed E-state index contributed by atoms with van der Waals surface area (Å²) >= 11 is 7.30. The quantitative estimate of drug-likeness (QED) is 0.156. The molecule has 0 bridgehead atoms. The van der Waals surface area contributed by atoms with Gasteiger partial charge in [0.2, 0.25) is 0 Å². The van der Waals surface area contributed by atoms with Crippen LogP contribution in [0.15, 0.2) is 296 Å². The fourth-order valence-corrected chi connectivity index (χ4v) is 16.6. The standard InChI is InChI=1S/C39H24N2S.C24H24BNO2.C21H12BrNS/c1-5-19-33-31(17-1)39-37(32-18-4-8-22-36(32)42-39)38(40-33)27-13-9-11-25(23-27)26-12-10-14-28(24-26)41-34-20-6-2-15-29(34)30-16-3-7-21-35(30)41;1-23(2)24(3,4)28-25(27-23)17-10-9-11-18(16-17)26-21-14-7-5-12-19(21)20-13-6-8-15-22(20)26;22-14-7-5-6-13(12-14)20-19-16-9-2-4-11-18(16)24-21(19)15-8-1-3-10-17(15)23-20/h1-24H;5-16H,1-4H3;1-12H. The fraction of sp³-hybridized carbons (Fsp3) is 0.0714. The van der Waals surface area contributed by atoms with Crippen LogP contribution in [-0.4, -0.2) is 37.4 Å². The van der Waals surface area contributed by atoms with Gasteiger partial charge in [-0.3, -0.25) is 0 Å². The minimum absolute atomic E-state index is 0.347. The maximum absolute atomic E-state index is 6.27. The molecular weight excluding hydrogens is 1250 g/mol. The van der Waals surface area contributed by atoms with Crippen LogP contribution in [0.3, 0.4) is 0 Å². The lowest BCUT2D eigenvalue weighted by Gasteiger charge is -2.32. The summed E-state index contributed by atoms with van der Waals surface area (Å²) < 4.78 is 23.5.